The van der Waals surface area contributed by atoms with Gasteiger partial charge in [-0.3, -0.25) is 4.79 Å². The topological polar surface area (TPSA) is 37.3 Å². The van der Waals surface area contributed by atoms with E-state index in [1.54, 1.807) is 0 Å². The number of aliphatic hydroxyl groups excluding tert-OH is 1. The molecule has 5 fully saturated rings. The van der Waals surface area contributed by atoms with E-state index in [1.807, 2.05) is 0 Å². The minimum atomic E-state index is -0.0937. The number of aliphatic hydroxyl groups is 1. The van der Waals surface area contributed by atoms with Crippen LogP contribution in [-0.4, -0.2) is 17.0 Å². The van der Waals surface area contributed by atoms with E-state index in [9.17, 15) is 9.90 Å². The van der Waals surface area contributed by atoms with Crippen molar-refractivity contribution in [2.75, 3.05) is 0 Å². The first-order valence-electron chi connectivity index (χ1n) is 9.12. The molecule has 0 aromatic carbocycles. The number of hydrogen-bond acceptors (Lipinski definition) is 2. The highest BCUT2D eigenvalue weighted by Gasteiger charge is 2.91. The summed E-state index contributed by atoms with van der Waals surface area (Å²) < 4.78 is 0. The van der Waals surface area contributed by atoms with Crippen LogP contribution in [0.2, 0.25) is 0 Å². The summed E-state index contributed by atoms with van der Waals surface area (Å²) in [6.45, 7) is 4.84. The molecule has 7 atom stereocenters. The van der Waals surface area contributed by atoms with Crippen molar-refractivity contribution >= 4 is 5.78 Å². The molecule has 0 bridgehead atoms. The van der Waals surface area contributed by atoms with Crippen LogP contribution in [0.15, 0.2) is 0 Å². The Kier molecular flexibility index (Phi) is 2.13. The first-order chi connectivity index (χ1) is 9.92. The van der Waals surface area contributed by atoms with E-state index in [1.165, 1.54) is 32.1 Å². The lowest BCUT2D eigenvalue weighted by Crippen LogP contribution is -2.46. The molecule has 0 radical (unpaired) electrons. The molecule has 0 saturated heterocycles. The summed E-state index contributed by atoms with van der Waals surface area (Å²) in [7, 11) is 0. The second-order valence-electron chi connectivity index (χ2n) is 9.41. The minimum Gasteiger partial charge on any atom is -0.393 e. The van der Waals surface area contributed by atoms with Crippen molar-refractivity contribution in [2.24, 2.45) is 33.5 Å². The standard InChI is InChI=1S/C19H28O2/c1-16-9-10-19-14(18(16,19)8-7-15(16)21)6-4-12-3-5-13(20)11-17(12,19)2/h12,14-15,21H,3-11H2,1-2H3. The van der Waals surface area contributed by atoms with Crippen molar-refractivity contribution in [1.29, 1.82) is 0 Å². The SMILES string of the molecule is CC12CCC34C(CCC5CCC(=O)CC53C)C14CCC2O. The van der Waals surface area contributed by atoms with Crippen molar-refractivity contribution in [3.8, 4) is 0 Å². The van der Waals surface area contributed by atoms with Gasteiger partial charge in [0.2, 0.25) is 0 Å². The lowest BCUT2D eigenvalue weighted by molar-refractivity contribution is -0.131. The third kappa shape index (κ3) is 1.04. The van der Waals surface area contributed by atoms with Crippen molar-refractivity contribution in [2.45, 2.75) is 77.7 Å². The Morgan fingerprint density at radius 2 is 1.71 bits per heavy atom. The summed E-state index contributed by atoms with van der Waals surface area (Å²) in [5, 5.41) is 10.7. The number of carbonyl (C=O) groups is 1. The zero-order valence-electron chi connectivity index (χ0n) is 13.5. The molecule has 0 aliphatic heterocycles. The largest absolute Gasteiger partial charge is 0.393 e. The van der Waals surface area contributed by atoms with Crippen LogP contribution in [0.3, 0.4) is 0 Å². The first-order valence-corrected chi connectivity index (χ1v) is 9.12. The predicted octanol–water partition coefficient (Wildman–Crippen LogP) is 3.71. The molecule has 5 aliphatic rings. The molecule has 0 amide bonds. The molecular formula is C19H28O2. The van der Waals surface area contributed by atoms with E-state index in [-0.39, 0.29) is 16.9 Å². The number of fused-ring (bicyclic) bond motifs is 1. The van der Waals surface area contributed by atoms with Crippen LogP contribution in [0.5, 0.6) is 0 Å². The molecule has 2 nitrogen and oxygen atoms in total. The molecule has 5 saturated carbocycles. The summed E-state index contributed by atoms with van der Waals surface area (Å²) >= 11 is 0. The van der Waals surface area contributed by atoms with Crippen LogP contribution in [0, 0.1) is 33.5 Å². The van der Waals surface area contributed by atoms with Crippen LogP contribution in [0.4, 0.5) is 0 Å². The van der Waals surface area contributed by atoms with Gasteiger partial charge in [0.1, 0.15) is 5.78 Å². The second kappa shape index (κ2) is 3.42. The van der Waals surface area contributed by atoms with E-state index >= 15 is 0 Å². The molecule has 0 aromatic rings. The fourth-order valence-electron chi connectivity index (χ4n) is 8.84. The van der Waals surface area contributed by atoms with E-state index in [4.69, 9.17) is 0 Å². The lowest BCUT2D eigenvalue weighted by atomic mass is 9.53. The Labute approximate surface area is 127 Å². The quantitative estimate of drug-likeness (QED) is 0.737. The Morgan fingerprint density at radius 1 is 0.952 bits per heavy atom. The van der Waals surface area contributed by atoms with E-state index in [0.29, 0.717) is 16.6 Å². The van der Waals surface area contributed by atoms with Crippen molar-refractivity contribution < 1.29 is 9.90 Å². The monoisotopic (exact) mass is 288 g/mol. The third-order valence-corrected chi connectivity index (χ3v) is 9.57. The average Bonchev–Trinajstić information content (AvgIpc) is 2.83. The zero-order valence-corrected chi connectivity index (χ0v) is 13.5. The minimum absolute atomic E-state index is 0.0937. The van der Waals surface area contributed by atoms with Gasteiger partial charge in [-0.25, -0.2) is 0 Å². The number of hydrogen-bond donors (Lipinski definition) is 1. The summed E-state index contributed by atoms with van der Waals surface area (Å²) in [6.07, 6.45) is 10.1. The number of ketones is 1. The molecule has 2 heteroatoms. The highest BCUT2D eigenvalue weighted by molar-refractivity contribution is 5.80. The molecule has 21 heavy (non-hydrogen) atoms. The van der Waals surface area contributed by atoms with Crippen LogP contribution in [-0.2, 0) is 4.79 Å². The van der Waals surface area contributed by atoms with Gasteiger partial charge >= 0.3 is 0 Å². The van der Waals surface area contributed by atoms with Gasteiger partial charge in [0.15, 0.2) is 0 Å². The first kappa shape index (κ1) is 13.1. The summed E-state index contributed by atoms with van der Waals surface area (Å²) in [4.78, 5) is 12.3. The van der Waals surface area contributed by atoms with Gasteiger partial charge in [-0.05, 0) is 78.4 Å². The average molecular weight is 288 g/mol. The van der Waals surface area contributed by atoms with Gasteiger partial charge in [0.05, 0.1) is 6.10 Å². The summed E-state index contributed by atoms with van der Waals surface area (Å²) in [6, 6.07) is 0. The van der Waals surface area contributed by atoms with Crippen LogP contribution in [0.1, 0.15) is 71.6 Å². The van der Waals surface area contributed by atoms with E-state index in [0.717, 1.165) is 37.5 Å². The highest BCUT2D eigenvalue weighted by atomic mass is 16.3. The molecule has 116 valence electrons. The molecule has 2 spiro atoms. The zero-order chi connectivity index (χ0) is 14.7. The van der Waals surface area contributed by atoms with E-state index in [2.05, 4.69) is 13.8 Å². The third-order valence-electron chi connectivity index (χ3n) is 9.57. The fourth-order valence-corrected chi connectivity index (χ4v) is 8.84. The Morgan fingerprint density at radius 3 is 2.52 bits per heavy atom. The van der Waals surface area contributed by atoms with E-state index < -0.39 is 0 Å². The van der Waals surface area contributed by atoms with Crippen LogP contribution < -0.4 is 0 Å². The van der Waals surface area contributed by atoms with Crippen LogP contribution >= 0.6 is 0 Å². The van der Waals surface area contributed by atoms with Gasteiger partial charge in [0, 0.05) is 12.8 Å². The lowest BCUT2D eigenvalue weighted by Gasteiger charge is -2.51. The maximum Gasteiger partial charge on any atom is 0.133 e. The Hall–Kier alpha value is -0.370. The van der Waals surface area contributed by atoms with Gasteiger partial charge < -0.3 is 5.11 Å². The number of rotatable bonds is 0. The summed E-state index contributed by atoms with van der Waals surface area (Å²) in [5.74, 6) is 2.09. The Balaban J connectivity index is 1.66. The maximum absolute atomic E-state index is 12.3. The van der Waals surface area contributed by atoms with Crippen molar-refractivity contribution in [3.63, 3.8) is 0 Å². The number of carbonyl (C=O) groups excluding carboxylic acids is 1. The smallest absolute Gasteiger partial charge is 0.133 e. The summed E-state index contributed by atoms with van der Waals surface area (Å²) in [5.41, 5.74) is 1.19. The fraction of sp³-hybridized carbons (Fsp3) is 0.947. The molecule has 0 aromatic heterocycles. The molecular weight excluding hydrogens is 260 g/mol. The van der Waals surface area contributed by atoms with Gasteiger partial charge in [-0.2, -0.15) is 0 Å². The molecule has 5 rings (SSSR count). The molecule has 5 aliphatic carbocycles. The normalized spacial score (nSPS) is 64.5. The highest BCUT2D eigenvalue weighted by Crippen LogP contribution is 2.96. The molecule has 7 unspecified atom stereocenters. The number of Topliss-reactive ketones (excluding diaryl/α,β-unsaturated/α-hetero) is 1. The Bertz CT molecular complexity index is 542. The van der Waals surface area contributed by atoms with Crippen LogP contribution in [0.25, 0.3) is 0 Å². The van der Waals surface area contributed by atoms with Gasteiger partial charge in [-0.15, -0.1) is 0 Å². The van der Waals surface area contributed by atoms with Gasteiger partial charge in [0.25, 0.3) is 0 Å². The predicted molar refractivity (Wildman–Crippen MR) is 80.6 cm³/mol. The maximum atomic E-state index is 12.3. The van der Waals surface area contributed by atoms with Gasteiger partial charge in [-0.1, -0.05) is 13.8 Å². The molecule has 1 N–H and O–H groups in total. The molecule has 0 heterocycles. The second-order valence-corrected chi connectivity index (χ2v) is 9.41. The van der Waals surface area contributed by atoms with Crippen molar-refractivity contribution in [1.82, 2.24) is 0 Å². The van der Waals surface area contributed by atoms with Crippen molar-refractivity contribution in [3.05, 3.63) is 0 Å².